The second-order valence-electron chi connectivity index (χ2n) is 11.0. The number of nitrogens with zero attached hydrogens (tertiary/aromatic N) is 6. The van der Waals surface area contributed by atoms with Gasteiger partial charge in [0.2, 0.25) is 0 Å². The number of pyridine rings is 1. The van der Waals surface area contributed by atoms with Crippen LogP contribution in [0.15, 0.2) is 30.6 Å². The molecule has 0 saturated heterocycles. The minimum Gasteiger partial charge on any atom is -0.327 e. The third kappa shape index (κ3) is 5.16. The van der Waals surface area contributed by atoms with Crippen LogP contribution in [0.5, 0.6) is 0 Å². The molecule has 0 radical (unpaired) electrons. The summed E-state index contributed by atoms with van der Waals surface area (Å²) >= 11 is 1.46. The van der Waals surface area contributed by atoms with Crippen LogP contribution >= 0.6 is 11.3 Å². The first kappa shape index (κ1) is 27.3. The largest absolute Gasteiger partial charge is 0.327 e. The Kier molecular flexibility index (Phi) is 7.18. The van der Waals surface area contributed by atoms with Crippen molar-refractivity contribution >= 4 is 34.5 Å². The molecule has 3 aromatic heterocycles. The van der Waals surface area contributed by atoms with Gasteiger partial charge in [-0.1, -0.05) is 12.1 Å². The van der Waals surface area contributed by atoms with Crippen LogP contribution in [-0.2, 0) is 33.0 Å². The molecule has 41 heavy (non-hydrogen) atoms. The van der Waals surface area contributed by atoms with E-state index in [1.54, 1.807) is 12.4 Å². The molecular formula is C30H34N8O2S. The Morgan fingerprint density at radius 2 is 1.56 bits per heavy atom. The average Bonchev–Trinajstić information content (AvgIpc) is 3.51. The molecule has 0 fully saturated rings. The number of carbonyl (C=O) groups is 2. The summed E-state index contributed by atoms with van der Waals surface area (Å²) in [5.41, 5.74) is 8.05. The number of nitrogens with one attached hydrogen (secondary N) is 2. The molecule has 0 saturated carbocycles. The Morgan fingerprint density at radius 3 is 2.39 bits per heavy atom. The Morgan fingerprint density at radius 1 is 0.829 bits per heavy atom. The zero-order valence-corrected chi connectivity index (χ0v) is 24.9. The van der Waals surface area contributed by atoms with E-state index in [0.29, 0.717) is 22.2 Å². The molecule has 0 spiro atoms. The molecule has 2 aliphatic heterocycles. The van der Waals surface area contributed by atoms with Gasteiger partial charge in [0.15, 0.2) is 10.8 Å². The van der Waals surface area contributed by atoms with E-state index >= 15 is 0 Å². The minimum atomic E-state index is -0.238. The maximum absolute atomic E-state index is 13.3. The van der Waals surface area contributed by atoms with Gasteiger partial charge >= 0.3 is 0 Å². The molecule has 0 bridgehead atoms. The highest BCUT2D eigenvalue weighted by molar-refractivity contribution is 7.13. The summed E-state index contributed by atoms with van der Waals surface area (Å²) in [6.07, 6.45) is 5.19. The first-order valence-electron chi connectivity index (χ1n) is 13.8. The van der Waals surface area contributed by atoms with E-state index < -0.39 is 0 Å². The fourth-order valence-electron chi connectivity index (χ4n) is 5.62. The van der Waals surface area contributed by atoms with Crippen molar-refractivity contribution in [2.45, 2.75) is 39.8 Å². The van der Waals surface area contributed by atoms with Gasteiger partial charge in [0, 0.05) is 74.1 Å². The van der Waals surface area contributed by atoms with Gasteiger partial charge in [-0.15, -0.1) is 11.3 Å². The van der Waals surface area contributed by atoms with Crippen LogP contribution in [0.2, 0.25) is 0 Å². The van der Waals surface area contributed by atoms with E-state index in [1.165, 1.54) is 11.3 Å². The molecule has 4 aromatic rings. The normalized spacial score (nSPS) is 15.3. The maximum Gasteiger partial charge on any atom is 0.291 e. The van der Waals surface area contributed by atoms with Gasteiger partial charge in [0.05, 0.1) is 23.3 Å². The zero-order valence-electron chi connectivity index (χ0n) is 24.0. The quantitative estimate of drug-likeness (QED) is 0.373. The van der Waals surface area contributed by atoms with Crippen LogP contribution in [0.1, 0.15) is 53.5 Å². The molecule has 212 valence electrons. The number of hydrogen-bond donors (Lipinski definition) is 2. The lowest BCUT2D eigenvalue weighted by Crippen LogP contribution is -2.27. The fourth-order valence-corrected chi connectivity index (χ4v) is 6.71. The molecule has 0 unspecified atom stereocenters. The highest BCUT2D eigenvalue weighted by atomic mass is 32.1. The number of imidazole rings is 1. The lowest BCUT2D eigenvalue weighted by Gasteiger charge is -2.21. The van der Waals surface area contributed by atoms with Gasteiger partial charge in [-0.3, -0.25) is 14.6 Å². The minimum absolute atomic E-state index is 0.226. The van der Waals surface area contributed by atoms with Gasteiger partial charge in [-0.05, 0) is 50.7 Å². The molecule has 2 N–H and O–H groups in total. The molecule has 0 aliphatic carbocycles. The van der Waals surface area contributed by atoms with Crippen molar-refractivity contribution in [1.82, 2.24) is 29.3 Å². The van der Waals surface area contributed by atoms with Crippen molar-refractivity contribution in [3.05, 3.63) is 74.5 Å². The Bertz CT molecular complexity index is 1670. The summed E-state index contributed by atoms with van der Waals surface area (Å²) < 4.78 is 1.91. The third-order valence-electron chi connectivity index (χ3n) is 8.10. The van der Waals surface area contributed by atoms with Crippen LogP contribution < -0.4 is 10.6 Å². The summed E-state index contributed by atoms with van der Waals surface area (Å²) in [7, 11) is 6.05. The van der Waals surface area contributed by atoms with Crippen LogP contribution in [-0.4, -0.2) is 68.3 Å². The molecule has 1 aromatic carbocycles. The predicted octanol–water partition coefficient (Wildman–Crippen LogP) is 4.04. The summed E-state index contributed by atoms with van der Waals surface area (Å²) in [5, 5.41) is 6.57. The zero-order chi connectivity index (χ0) is 28.8. The number of anilines is 2. The molecule has 0 atom stereocenters. The molecule has 11 heteroatoms. The van der Waals surface area contributed by atoms with Crippen LogP contribution in [0.4, 0.5) is 11.4 Å². The number of hydrogen-bond acceptors (Lipinski definition) is 8. The summed E-state index contributed by atoms with van der Waals surface area (Å²) in [6.45, 7) is 7.41. The van der Waals surface area contributed by atoms with Crippen LogP contribution in [0.3, 0.4) is 0 Å². The van der Waals surface area contributed by atoms with E-state index in [9.17, 15) is 9.59 Å². The predicted molar refractivity (Wildman–Crippen MR) is 160 cm³/mol. The number of thiazole rings is 1. The van der Waals surface area contributed by atoms with Gasteiger partial charge in [0.25, 0.3) is 11.8 Å². The molecule has 2 amide bonds. The average molecular weight is 571 g/mol. The number of carbonyl (C=O) groups excluding carboxylic acids is 2. The number of rotatable bonds is 5. The van der Waals surface area contributed by atoms with Crippen LogP contribution in [0.25, 0.3) is 11.1 Å². The second-order valence-corrected chi connectivity index (χ2v) is 12.1. The standard InChI is InChI=1S/C30H34N8O2S/c1-17-19(7-6-8-21(17)33-28(39)27-32-24-15-36(3)12-10-25(24)38(27)5)20-13-31-14-23(18(20)2)34-29(40)30-35-22-9-11-37(4)16-26(22)41-30/h6-8,13-14H,9-12,15-16H2,1-5H3,(H,33,39)(H,34,40). The molecule has 10 nitrogen and oxygen atoms in total. The monoisotopic (exact) mass is 570 g/mol. The Balaban J connectivity index is 1.23. The Hall–Kier alpha value is -3.93. The summed E-state index contributed by atoms with van der Waals surface area (Å²) in [4.78, 5) is 45.8. The fraction of sp³-hybridized carbons (Fsp3) is 0.367. The van der Waals surface area contributed by atoms with Crippen molar-refractivity contribution in [3.63, 3.8) is 0 Å². The highest BCUT2D eigenvalue weighted by Gasteiger charge is 2.25. The number of amides is 2. The van der Waals surface area contributed by atoms with Crippen LogP contribution in [0, 0.1) is 13.8 Å². The number of likely N-dealkylation sites (N-methyl/N-ethyl adjacent to an activating group) is 2. The SMILES string of the molecule is Cc1c(NC(=O)c2nc3c(s2)CN(C)CC3)cncc1-c1cccc(NC(=O)c2nc3c(n2C)CCN(C)C3)c1C. The van der Waals surface area contributed by atoms with E-state index in [2.05, 4.69) is 49.5 Å². The van der Waals surface area contributed by atoms with Crippen molar-refractivity contribution in [2.75, 3.05) is 37.8 Å². The van der Waals surface area contributed by atoms with E-state index in [4.69, 9.17) is 0 Å². The van der Waals surface area contributed by atoms with Crippen molar-refractivity contribution in [1.29, 1.82) is 0 Å². The van der Waals surface area contributed by atoms with Crippen molar-refractivity contribution in [3.8, 4) is 11.1 Å². The van der Waals surface area contributed by atoms with Gasteiger partial charge in [-0.25, -0.2) is 9.97 Å². The summed E-state index contributed by atoms with van der Waals surface area (Å²) in [6, 6.07) is 5.81. The molecule has 2 aliphatic rings. The molecular weight excluding hydrogens is 536 g/mol. The lowest BCUT2D eigenvalue weighted by molar-refractivity contribution is 0.101. The summed E-state index contributed by atoms with van der Waals surface area (Å²) in [5.74, 6) is -0.0537. The highest BCUT2D eigenvalue weighted by Crippen LogP contribution is 2.34. The van der Waals surface area contributed by atoms with Gasteiger partial charge in [0.1, 0.15) is 0 Å². The third-order valence-corrected chi connectivity index (χ3v) is 9.18. The van der Waals surface area contributed by atoms with E-state index in [-0.39, 0.29) is 11.8 Å². The van der Waals surface area contributed by atoms with Gasteiger partial charge in [-0.2, -0.15) is 0 Å². The smallest absolute Gasteiger partial charge is 0.291 e. The van der Waals surface area contributed by atoms with E-state index in [1.807, 2.05) is 43.7 Å². The molecule has 5 heterocycles. The molecule has 6 rings (SSSR count). The lowest BCUT2D eigenvalue weighted by atomic mass is 9.96. The Labute approximate surface area is 243 Å². The van der Waals surface area contributed by atoms with Crippen molar-refractivity contribution < 1.29 is 9.59 Å². The van der Waals surface area contributed by atoms with Gasteiger partial charge < -0.3 is 25.0 Å². The number of aromatic nitrogens is 4. The topological polar surface area (TPSA) is 108 Å². The van der Waals surface area contributed by atoms with Crippen molar-refractivity contribution in [2.24, 2.45) is 7.05 Å². The van der Waals surface area contributed by atoms with E-state index in [0.717, 1.165) is 83.2 Å². The second kappa shape index (κ2) is 10.8. The number of fused-ring (bicyclic) bond motifs is 2. The first-order valence-corrected chi connectivity index (χ1v) is 14.6. The number of benzene rings is 1. The first-order chi connectivity index (χ1) is 19.7. The maximum atomic E-state index is 13.3.